The number of carbonyl (C=O) groups is 2. The Balaban J connectivity index is 2.44. The molecule has 0 spiro atoms. The summed E-state index contributed by atoms with van der Waals surface area (Å²) < 4.78 is 26.1. The number of sulfonamides is 1. The SMILES string of the molecule is CCCNC(=O)[C@H](CC)N(Cc1ccccc1)C(=O)CN(c1cccc(Cl)c1Cl)S(C)(=O)=O. The van der Waals surface area contributed by atoms with Crippen molar-refractivity contribution in [1.82, 2.24) is 10.2 Å². The van der Waals surface area contributed by atoms with Crippen LogP contribution in [0, 0.1) is 0 Å². The molecule has 0 aliphatic carbocycles. The average molecular weight is 514 g/mol. The van der Waals surface area contributed by atoms with Crippen molar-refractivity contribution >= 4 is 50.7 Å². The molecule has 2 rings (SSSR count). The van der Waals surface area contributed by atoms with Crippen LogP contribution in [0.1, 0.15) is 32.3 Å². The van der Waals surface area contributed by atoms with Gasteiger partial charge in [-0.2, -0.15) is 0 Å². The van der Waals surface area contributed by atoms with Crippen molar-refractivity contribution in [3.8, 4) is 0 Å². The first kappa shape index (κ1) is 27.0. The van der Waals surface area contributed by atoms with Crippen molar-refractivity contribution in [2.45, 2.75) is 39.3 Å². The van der Waals surface area contributed by atoms with Gasteiger partial charge in [-0.15, -0.1) is 0 Å². The van der Waals surface area contributed by atoms with Crippen LogP contribution in [0.3, 0.4) is 0 Å². The van der Waals surface area contributed by atoms with Gasteiger partial charge in [-0.05, 0) is 30.5 Å². The van der Waals surface area contributed by atoms with E-state index in [1.165, 1.54) is 17.0 Å². The zero-order chi connectivity index (χ0) is 24.6. The number of amides is 2. The molecule has 1 N–H and O–H groups in total. The largest absolute Gasteiger partial charge is 0.354 e. The minimum Gasteiger partial charge on any atom is -0.354 e. The molecule has 0 aliphatic heterocycles. The topological polar surface area (TPSA) is 86.8 Å². The first-order valence-corrected chi connectivity index (χ1v) is 13.2. The number of benzene rings is 2. The molecule has 0 heterocycles. The first-order chi connectivity index (χ1) is 15.6. The van der Waals surface area contributed by atoms with Crippen LogP contribution in [-0.4, -0.2) is 50.5 Å². The lowest BCUT2D eigenvalue weighted by molar-refractivity contribution is -0.140. The van der Waals surface area contributed by atoms with E-state index in [2.05, 4.69) is 5.32 Å². The number of carbonyl (C=O) groups excluding carboxylic acids is 2. The summed E-state index contributed by atoms with van der Waals surface area (Å²) in [4.78, 5) is 27.8. The molecule has 0 unspecified atom stereocenters. The standard InChI is InChI=1S/C23H29Cl2N3O4S/c1-4-14-26-23(30)19(5-2)27(15-17-10-7-6-8-11-17)21(29)16-28(33(3,31)32)20-13-9-12-18(24)22(20)25/h6-13,19H,4-5,14-16H2,1-3H3,(H,26,30)/t19-/m0/s1. The molecule has 0 aliphatic rings. The molecule has 180 valence electrons. The Morgan fingerprint density at radius 3 is 2.27 bits per heavy atom. The van der Waals surface area contributed by atoms with Gasteiger partial charge in [0.2, 0.25) is 21.8 Å². The van der Waals surface area contributed by atoms with E-state index in [1.54, 1.807) is 6.07 Å². The molecule has 0 saturated carbocycles. The van der Waals surface area contributed by atoms with E-state index in [0.717, 1.165) is 22.5 Å². The van der Waals surface area contributed by atoms with Gasteiger partial charge in [0.15, 0.2) is 0 Å². The molecule has 0 fully saturated rings. The van der Waals surface area contributed by atoms with E-state index in [4.69, 9.17) is 23.2 Å². The fraction of sp³-hybridized carbons (Fsp3) is 0.391. The Labute approximate surface area is 205 Å². The molecule has 10 heteroatoms. The predicted octanol–water partition coefficient (Wildman–Crippen LogP) is 4.09. The third kappa shape index (κ3) is 7.35. The van der Waals surface area contributed by atoms with Crippen LogP contribution in [0.2, 0.25) is 10.0 Å². The van der Waals surface area contributed by atoms with E-state index < -0.39 is 28.5 Å². The molecule has 2 aromatic rings. The quantitative estimate of drug-likeness (QED) is 0.490. The fourth-order valence-electron chi connectivity index (χ4n) is 3.35. The van der Waals surface area contributed by atoms with E-state index in [1.807, 2.05) is 44.2 Å². The zero-order valence-electron chi connectivity index (χ0n) is 18.9. The molecule has 33 heavy (non-hydrogen) atoms. The lowest BCUT2D eigenvalue weighted by Crippen LogP contribution is -2.52. The van der Waals surface area contributed by atoms with Crippen molar-refractivity contribution in [2.75, 3.05) is 23.7 Å². The Morgan fingerprint density at radius 2 is 1.70 bits per heavy atom. The Hall–Kier alpha value is -2.29. The Bertz CT molecular complexity index is 1060. The third-order valence-electron chi connectivity index (χ3n) is 5.01. The molecule has 2 amide bonds. The summed E-state index contributed by atoms with van der Waals surface area (Å²) in [6.45, 7) is 3.86. The Kier molecular flexibility index (Phi) is 10.0. The van der Waals surface area contributed by atoms with Crippen LogP contribution in [0.25, 0.3) is 0 Å². The summed E-state index contributed by atoms with van der Waals surface area (Å²) >= 11 is 12.3. The third-order valence-corrected chi connectivity index (χ3v) is 6.95. The normalized spacial score (nSPS) is 12.2. The van der Waals surface area contributed by atoms with Crippen molar-refractivity contribution in [3.63, 3.8) is 0 Å². The van der Waals surface area contributed by atoms with Crippen molar-refractivity contribution < 1.29 is 18.0 Å². The monoisotopic (exact) mass is 513 g/mol. The molecule has 0 bridgehead atoms. The van der Waals surface area contributed by atoms with Crippen LogP contribution in [-0.2, 0) is 26.2 Å². The van der Waals surface area contributed by atoms with Gasteiger partial charge < -0.3 is 10.2 Å². The van der Waals surface area contributed by atoms with Crippen LogP contribution in [0.5, 0.6) is 0 Å². The van der Waals surface area contributed by atoms with Crippen LogP contribution in [0.4, 0.5) is 5.69 Å². The highest BCUT2D eigenvalue weighted by Crippen LogP contribution is 2.33. The molecule has 1 atom stereocenters. The lowest BCUT2D eigenvalue weighted by atomic mass is 10.1. The van der Waals surface area contributed by atoms with Gasteiger partial charge in [0.05, 0.1) is 22.0 Å². The number of nitrogens with one attached hydrogen (secondary N) is 1. The molecule has 0 aromatic heterocycles. The Morgan fingerprint density at radius 1 is 1.03 bits per heavy atom. The van der Waals surface area contributed by atoms with Crippen molar-refractivity contribution in [1.29, 1.82) is 0 Å². The molecule has 2 aromatic carbocycles. The second-order valence-corrected chi connectivity index (χ2v) is 10.3. The van der Waals surface area contributed by atoms with Crippen LogP contribution >= 0.6 is 23.2 Å². The van der Waals surface area contributed by atoms with Crippen molar-refractivity contribution in [3.05, 3.63) is 64.1 Å². The van der Waals surface area contributed by atoms with Crippen molar-refractivity contribution in [2.24, 2.45) is 0 Å². The predicted molar refractivity (Wildman–Crippen MR) is 133 cm³/mol. The highest BCUT2D eigenvalue weighted by atomic mass is 35.5. The summed E-state index contributed by atoms with van der Waals surface area (Å²) in [6, 6.07) is 13.0. The maximum Gasteiger partial charge on any atom is 0.244 e. The molecule has 7 nitrogen and oxygen atoms in total. The summed E-state index contributed by atoms with van der Waals surface area (Å²) in [6.07, 6.45) is 2.11. The zero-order valence-corrected chi connectivity index (χ0v) is 21.3. The van der Waals surface area contributed by atoms with Gasteiger partial charge in [0.1, 0.15) is 12.6 Å². The fourth-order valence-corrected chi connectivity index (χ4v) is 4.65. The molecular formula is C23H29Cl2N3O4S. The molecule has 0 saturated heterocycles. The minimum absolute atomic E-state index is 0.0275. The number of rotatable bonds is 11. The highest BCUT2D eigenvalue weighted by Gasteiger charge is 2.32. The summed E-state index contributed by atoms with van der Waals surface area (Å²) in [5.74, 6) is -0.811. The van der Waals surface area contributed by atoms with Gasteiger partial charge in [-0.25, -0.2) is 8.42 Å². The van der Waals surface area contributed by atoms with Gasteiger partial charge in [0.25, 0.3) is 0 Å². The first-order valence-electron chi connectivity index (χ1n) is 10.6. The smallest absolute Gasteiger partial charge is 0.244 e. The van der Waals surface area contributed by atoms with E-state index in [-0.39, 0.29) is 28.2 Å². The molecule has 0 radical (unpaired) electrons. The van der Waals surface area contributed by atoms with Crippen LogP contribution < -0.4 is 9.62 Å². The molecular weight excluding hydrogens is 485 g/mol. The number of anilines is 1. The second kappa shape index (κ2) is 12.3. The summed E-state index contributed by atoms with van der Waals surface area (Å²) in [5, 5.41) is 3.03. The number of halogens is 2. The van der Waals surface area contributed by atoms with Gasteiger partial charge in [0, 0.05) is 13.1 Å². The van der Waals surface area contributed by atoms with E-state index in [0.29, 0.717) is 13.0 Å². The maximum atomic E-state index is 13.5. The van der Waals surface area contributed by atoms with E-state index in [9.17, 15) is 18.0 Å². The maximum absolute atomic E-state index is 13.5. The van der Waals surface area contributed by atoms with Gasteiger partial charge >= 0.3 is 0 Å². The summed E-state index contributed by atoms with van der Waals surface area (Å²) in [5.41, 5.74) is 0.919. The number of hydrogen-bond acceptors (Lipinski definition) is 4. The van der Waals surface area contributed by atoms with Gasteiger partial charge in [-0.3, -0.25) is 13.9 Å². The van der Waals surface area contributed by atoms with E-state index >= 15 is 0 Å². The lowest BCUT2D eigenvalue weighted by Gasteiger charge is -2.33. The minimum atomic E-state index is -3.88. The number of nitrogens with zero attached hydrogens (tertiary/aromatic N) is 2. The second-order valence-electron chi connectivity index (χ2n) is 7.56. The van der Waals surface area contributed by atoms with Gasteiger partial charge in [-0.1, -0.05) is 73.4 Å². The highest BCUT2D eigenvalue weighted by molar-refractivity contribution is 7.92. The van der Waals surface area contributed by atoms with Crippen LogP contribution in [0.15, 0.2) is 48.5 Å². The summed E-state index contributed by atoms with van der Waals surface area (Å²) in [7, 11) is -3.88. The average Bonchev–Trinajstić information content (AvgIpc) is 2.77. The number of hydrogen-bond donors (Lipinski definition) is 1.